The Morgan fingerprint density at radius 1 is 1.60 bits per heavy atom. The van der Waals surface area contributed by atoms with Crippen molar-refractivity contribution in [2.24, 2.45) is 0 Å². The van der Waals surface area contributed by atoms with Gasteiger partial charge in [0.2, 0.25) is 11.6 Å². The minimum absolute atomic E-state index is 0.121. The van der Waals surface area contributed by atoms with Crippen LogP contribution >= 0.6 is 0 Å². The van der Waals surface area contributed by atoms with Crippen molar-refractivity contribution in [2.45, 2.75) is 0 Å². The number of oxazole rings is 1. The van der Waals surface area contributed by atoms with Gasteiger partial charge in [-0.1, -0.05) is 0 Å². The van der Waals surface area contributed by atoms with Gasteiger partial charge < -0.3 is 20.4 Å². The largest absolute Gasteiger partial charge is 0.503 e. The van der Waals surface area contributed by atoms with Gasteiger partial charge in [-0.2, -0.15) is 9.78 Å². The minimum atomic E-state index is -1.38. The van der Waals surface area contributed by atoms with E-state index in [4.69, 9.17) is 15.3 Å². The molecule has 0 amide bonds. The van der Waals surface area contributed by atoms with Crippen molar-refractivity contribution in [1.29, 1.82) is 0 Å². The summed E-state index contributed by atoms with van der Waals surface area (Å²) in [4.78, 5) is 14.2. The first-order chi connectivity index (χ1) is 7.11. The Labute approximate surface area is 82.6 Å². The van der Waals surface area contributed by atoms with Gasteiger partial charge in [0.05, 0.1) is 6.20 Å². The molecule has 0 radical (unpaired) electrons. The van der Waals surface area contributed by atoms with Crippen LogP contribution in [0.25, 0.3) is 5.88 Å². The van der Waals surface area contributed by atoms with Gasteiger partial charge in [-0.25, -0.2) is 9.78 Å². The molecular formula is C7H6N4O4. The average molecular weight is 210 g/mol. The number of rotatable bonds is 2. The summed E-state index contributed by atoms with van der Waals surface area (Å²) in [7, 11) is 0. The summed E-state index contributed by atoms with van der Waals surface area (Å²) in [6.07, 6.45) is 2.42. The highest BCUT2D eigenvalue weighted by molar-refractivity contribution is 5.90. The van der Waals surface area contributed by atoms with E-state index in [0.29, 0.717) is 0 Å². The second kappa shape index (κ2) is 3.01. The quantitative estimate of drug-likeness (QED) is 0.628. The van der Waals surface area contributed by atoms with E-state index in [2.05, 4.69) is 10.1 Å². The van der Waals surface area contributed by atoms with E-state index in [0.717, 1.165) is 11.1 Å². The number of anilines is 1. The summed E-state index contributed by atoms with van der Waals surface area (Å²) in [5.74, 6) is -2.07. The molecule has 2 aromatic heterocycles. The Kier molecular flexibility index (Phi) is 1.82. The zero-order valence-corrected chi connectivity index (χ0v) is 7.28. The number of carboxylic acids is 1. The maximum Gasteiger partial charge on any atom is 0.360 e. The number of carbonyl (C=O) groups is 1. The normalized spacial score (nSPS) is 10.4. The standard InChI is InChI=1S/C7H6N4O4/c8-6-5(12)4(7(13)14)10-11(6)3-1-9-2-15-3/h1-2,12H,8H2,(H,13,14). The highest BCUT2D eigenvalue weighted by Crippen LogP contribution is 2.26. The maximum absolute atomic E-state index is 10.6. The Morgan fingerprint density at radius 3 is 2.80 bits per heavy atom. The van der Waals surface area contributed by atoms with Crippen LogP contribution in [-0.2, 0) is 0 Å². The van der Waals surface area contributed by atoms with Crippen molar-refractivity contribution in [2.75, 3.05) is 5.73 Å². The van der Waals surface area contributed by atoms with Crippen LogP contribution in [0, 0.1) is 0 Å². The summed E-state index contributed by atoms with van der Waals surface area (Å²) in [5.41, 5.74) is 4.89. The van der Waals surface area contributed by atoms with Gasteiger partial charge in [0.25, 0.3) is 0 Å². The summed E-state index contributed by atoms with van der Waals surface area (Å²) in [6.45, 7) is 0. The van der Waals surface area contributed by atoms with E-state index in [9.17, 15) is 9.90 Å². The number of nitrogen functional groups attached to an aromatic ring is 1. The van der Waals surface area contributed by atoms with E-state index in [1.54, 1.807) is 0 Å². The molecule has 2 aromatic rings. The monoisotopic (exact) mass is 210 g/mol. The fourth-order valence-electron chi connectivity index (χ4n) is 1.05. The molecule has 0 saturated carbocycles. The van der Waals surface area contributed by atoms with Crippen LogP contribution in [0.3, 0.4) is 0 Å². The Hall–Kier alpha value is -2.51. The van der Waals surface area contributed by atoms with Crippen molar-refractivity contribution in [3.05, 3.63) is 18.3 Å². The smallest absolute Gasteiger partial charge is 0.360 e. The third-order valence-corrected chi connectivity index (χ3v) is 1.73. The molecule has 2 rings (SSSR count). The molecule has 0 spiro atoms. The van der Waals surface area contributed by atoms with Crippen molar-refractivity contribution in [3.8, 4) is 11.6 Å². The number of aromatic nitrogens is 3. The van der Waals surface area contributed by atoms with Crippen LogP contribution in [0.2, 0.25) is 0 Å². The van der Waals surface area contributed by atoms with Gasteiger partial charge in [-0.15, -0.1) is 0 Å². The van der Waals surface area contributed by atoms with E-state index in [1.165, 1.54) is 6.20 Å². The molecule has 0 aliphatic carbocycles. The van der Waals surface area contributed by atoms with Crippen molar-refractivity contribution < 1.29 is 19.4 Å². The first kappa shape index (κ1) is 9.06. The lowest BCUT2D eigenvalue weighted by atomic mass is 10.4. The highest BCUT2D eigenvalue weighted by atomic mass is 16.4. The summed E-state index contributed by atoms with van der Waals surface area (Å²) in [5, 5.41) is 21.6. The third kappa shape index (κ3) is 1.27. The molecule has 0 aliphatic heterocycles. The number of hydrogen-bond donors (Lipinski definition) is 3. The lowest BCUT2D eigenvalue weighted by Gasteiger charge is -1.95. The average Bonchev–Trinajstić information content (AvgIpc) is 2.77. The topological polar surface area (TPSA) is 127 Å². The molecule has 8 heteroatoms. The lowest BCUT2D eigenvalue weighted by Crippen LogP contribution is -2.02. The third-order valence-electron chi connectivity index (χ3n) is 1.73. The Morgan fingerprint density at radius 2 is 2.33 bits per heavy atom. The molecule has 78 valence electrons. The van der Waals surface area contributed by atoms with Gasteiger partial charge in [-0.3, -0.25) is 0 Å². The second-order valence-corrected chi connectivity index (χ2v) is 2.64. The van der Waals surface area contributed by atoms with Crippen molar-refractivity contribution >= 4 is 11.8 Å². The molecule has 8 nitrogen and oxygen atoms in total. The fraction of sp³-hybridized carbons (Fsp3) is 0. The summed E-state index contributed by atoms with van der Waals surface area (Å²) < 4.78 is 5.80. The Bertz CT molecular complexity index is 501. The molecule has 0 fully saturated rings. The molecule has 0 atom stereocenters. The van der Waals surface area contributed by atoms with Crippen molar-refractivity contribution in [1.82, 2.24) is 14.8 Å². The molecular weight excluding hydrogens is 204 g/mol. The van der Waals surface area contributed by atoms with Gasteiger partial charge in [-0.05, 0) is 0 Å². The predicted octanol–water partition coefficient (Wildman–Crippen LogP) is -0.154. The molecule has 0 aromatic carbocycles. The zero-order chi connectivity index (χ0) is 11.0. The molecule has 0 unspecified atom stereocenters. The fourth-order valence-corrected chi connectivity index (χ4v) is 1.05. The molecule has 0 aliphatic rings. The van der Waals surface area contributed by atoms with Crippen LogP contribution in [0.5, 0.6) is 5.75 Å². The van der Waals surface area contributed by atoms with Gasteiger partial charge >= 0.3 is 5.97 Å². The van der Waals surface area contributed by atoms with E-state index in [-0.39, 0.29) is 11.7 Å². The van der Waals surface area contributed by atoms with Gasteiger partial charge in [0.1, 0.15) is 0 Å². The summed E-state index contributed by atoms with van der Waals surface area (Å²) >= 11 is 0. The molecule has 15 heavy (non-hydrogen) atoms. The van der Waals surface area contributed by atoms with Crippen LogP contribution in [0.1, 0.15) is 10.5 Å². The zero-order valence-electron chi connectivity index (χ0n) is 7.28. The first-order valence-electron chi connectivity index (χ1n) is 3.81. The number of hydrogen-bond acceptors (Lipinski definition) is 6. The van der Waals surface area contributed by atoms with Gasteiger partial charge in [0.15, 0.2) is 18.0 Å². The second-order valence-electron chi connectivity index (χ2n) is 2.64. The molecule has 0 bridgehead atoms. The number of nitrogens with two attached hydrogens (primary N) is 1. The predicted molar refractivity (Wildman–Crippen MR) is 46.7 cm³/mol. The van der Waals surface area contributed by atoms with Crippen LogP contribution in [0.4, 0.5) is 5.82 Å². The minimum Gasteiger partial charge on any atom is -0.503 e. The van der Waals surface area contributed by atoms with Gasteiger partial charge in [0, 0.05) is 0 Å². The number of carboxylic acid groups (broad SMARTS) is 1. The Balaban J connectivity index is 2.60. The maximum atomic E-state index is 10.6. The van der Waals surface area contributed by atoms with E-state index in [1.807, 2.05) is 0 Å². The summed E-state index contributed by atoms with van der Waals surface area (Å²) in [6, 6.07) is 0. The van der Waals surface area contributed by atoms with E-state index >= 15 is 0 Å². The first-order valence-corrected chi connectivity index (χ1v) is 3.81. The number of aromatic hydroxyl groups is 1. The SMILES string of the molecule is Nc1c(O)c(C(=O)O)nn1-c1cnco1. The molecule has 4 N–H and O–H groups in total. The molecule has 0 saturated heterocycles. The van der Waals surface area contributed by atoms with E-state index < -0.39 is 17.4 Å². The highest BCUT2D eigenvalue weighted by Gasteiger charge is 2.22. The van der Waals surface area contributed by atoms with Crippen LogP contribution in [0.15, 0.2) is 17.0 Å². The molecule has 2 heterocycles. The lowest BCUT2D eigenvalue weighted by molar-refractivity contribution is 0.0687. The van der Waals surface area contributed by atoms with Crippen LogP contribution in [-0.4, -0.2) is 30.9 Å². The number of aromatic carboxylic acids is 1. The number of nitrogens with zero attached hydrogens (tertiary/aromatic N) is 3. The van der Waals surface area contributed by atoms with Crippen LogP contribution < -0.4 is 5.73 Å². The van der Waals surface area contributed by atoms with Crippen molar-refractivity contribution in [3.63, 3.8) is 0 Å².